The Kier molecular flexibility index (Phi) is 4.70. The number of nitrogens with zero attached hydrogens (tertiary/aromatic N) is 1. The highest BCUT2D eigenvalue weighted by atomic mass is 16.5. The van der Waals surface area contributed by atoms with Gasteiger partial charge in [0.15, 0.2) is 17.2 Å². The standard InChI is InChI=1S/C19H17N3O4/c1-11-6-8-12(9-7-11)18(23)22-21-17(20)14-10-13-4-3-5-15(25-2)16(13)26-19(14)24/h3-10H,1-2H3,(H2,20,21)(H,22,23). The molecule has 3 aromatic rings. The lowest BCUT2D eigenvalue weighted by Crippen LogP contribution is -2.27. The summed E-state index contributed by atoms with van der Waals surface area (Å²) in [5.41, 5.74) is 9.35. The summed E-state index contributed by atoms with van der Waals surface area (Å²) in [6.07, 6.45) is 0. The number of ether oxygens (including phenoxy) is 1. The number of carbonyl (C=O) groups excluding carboxylic acids is 1. The van der Waals surface area contributed by atoms with E-state index < -0.39 is 11.5 Å². The Labute approximate surface area is 149 Å². The van der Waals surface area contributed by atoms with Crippen molar-refractivity contribution in [3.63, 3.8) is 0 Å². The Morgan fingerprint density at radius 3 is 2.62 bits per heavy atom. The number of hydrogen-bond acceptors (Lipinski definition) is 5. The van der Waals surface area contributed by atoms with E-state index in [2.05, 4.69) is 10.5 Å². The average molecular weight is 351 g/mol. The average Bonchev–Trinajstić information content (AvgIpc) is 2.65. The molecule has 0 radical (unpaired) electrons. The van der Waals surface area contributed by atoms with E-state index in [1.54, 1.807) is 36.4 Å². The molecule has 3 N–H and O–H groups in total. The van der Waals surface area contributed by atoms with Crippen LogP contribution in [0.1, 0.15) is 21.5 Å². The van der Waals surface area contributed by atoms with Crippen LogP contribution in [0.2, 0.25) is 0 Å². The van der Waals surface area contributed by atoms with Gasteiger partial charge in [0.1, 0.15) is 5.56 Å². The number of nitrogens with two attached hydrogens (primary N) is 1. The molecule has 1 aromatic heterocycles. The predicted molar refractivity (Wildman–Crippen MR) is 98.4 cm³/mol. The highest BCUT2D eigenvalue weighted by molar-refractivity contribution is 6.01. The fraction of sp³-hybridized carbons (Fsp3) is 0.105. The molecule has 0 unspecified atom stereocenters. The molecule has 0 aliphatic heterocycles. The number of hydrazone groups is 1. The van der Waals surface area contributed by atoms with E-state index in [1.165, 1.54) is 7.11 Å². The van der Waals surface area contributed by atoms with Crippen molar-refractivity contribution >= 4 is 22.7 Å². The van der Waals surface area contributed by atoms with Gasteiger partial charge in [-0.3, -0.25) is 4.79 Å². The van der Waals surface area contributed by atoms with E-state index in [-0.39, 0.29) is 11.4 Å². The van der Waals surface area contributed by atoms with Crippen LogP contribution in [0.25, 0.3) is 11.0 Å². The van der Waals surface area contributed by atoms with Gasteiger partial charge in [-0.15, -0.1) is 0 Å². The van der Waals surface area contributed by atoms with Crippen molar-refractivity contribution in [3.05, 3.63) is 75.6 Å². The Morgan fingerprint density at radius 2 is 1.92 bits per heavy atom. The zero-order valence-corrected chi connectivity index (χ0v) is 14.3. The number of para-hydroxylation sites is 1. The molecule has 26 heavy (non-hydrogen) atoms. The fourth-order valence-electron chi connectivity index (χ4n) is 2.40. The smallest absolute Gasteiger partial charge is 0.347 e. The zero-order chi connectivity index (χ0) is 18.7. The summed E-state index contributed by atoms with van der Waals surface area (Å²) in [5, 5.41) is 4.43. The number of amides is 1. The largest absolute Gasteiger partial charge is 0.493 e. The van der Waals surface area contributed by atoms with Gasteiger partial charge in [-0.2, -0.15) is 5.10 Å². The predicted octanol–water partition coefficient (Wildman–Crippen LogP) is 2.16. The lowest BCUT2D eigenvalue weighted by atomic mass is 10.1. The fourth-order valence-corrected chi connectivity index (χ4v) is 2.40. The van der Waals surface area contributed by atoms with E-state index in [0.29, 0.717) is 22.3 Å². The van der Waals surface area contributed by atoms with E-state index in [9.17, 15) is 9.59 Å². The van der Waals surface area contributed by atoms with Crippen molar-refractivity contribution in [1.82, 2.24) is 5.43 Å². The minimum atomic E-state index is -0.673. The monoisotopic (exact) mass is 351 g/mol. The molecule has 0 saturated carbocycles. The molecular formula is C19H17N3O4. The summed E-state index contributed by atoms with van der Waals surface area (Å²) >= 11 is 0. The molecule has 0 saturated heterocycles. The number of rotatable bonds is 4. The lowest BCUT2D eigenvalue weighted by molar-refractivity contribution is 0.0955. The third kappa shape index (κ3) is 3.41. The molecule has 0 aliphatic carbocycles. The number of aryl methyl sites for hydroxylation is 1. The number of amidine groups is 1. The van der Waals surface area contributed by atoms with Gasteiger partial charge in [-0.25, -0.2) is 10.2 Å². The number of benzene rings is 2. The number of hydrogen-bond donors (Lipinski definition) is 2. The zero-order valence-electron chi connectivity index (χ0n) is 14.3. The van der Waals surface area contributed by atoms with Crippen LogP contribution in [0.15, 0.2) is 62.8 Å². The molecule has 7 heteroatoms. The minimum absolute atomic E-state index is 0.0509. The second kappa shape index (κ2) is 7.10. The summed E-state index contributed by atoms with van der Waals surface area (Å²) in [6.45, 7) is 1.92. The van der Waals surface area contributed by atoms with E-state index >= 15 is 0 Å². The Bertz CT molecular complexity index is 1050. The molecule has 0 bridgehead atoms. The van der Waals surface area contributed by atoms with Gasteiger partial charge in [0.05, 0.1) is 7.11 Å². The molecule has 0 fully saturated rings. The van der Waals surface area contributed by atoms with Crippen LogP contribution in [0.5, 0.6) is 5.75 Å². The highest BCUT2D eigenvalue weighted by Crippen LogP contribution is 2.24. The Morgan fingerprint density at radius 1 is 1.19 bits per heavy atom. The second-order valence-corrected chi connectivity index (χ2v) is 5.63. The van der Waals surface area contributed by atoms with E-state index in [0.717, 1.165) is 5.56 Å². The van der Waals surface area contributed by atoms with Gasteiger partial charge in [0.25, 0.3) is 5.91 Å². The maximum absolute atomic E-state index is 12.2. The third-order valence-electron chi connectivity index (χ3n) is 3.81. The van der Waals surface area contributed by atoms with Crippen molar-refractivity contribution in [1.29, 1.82) is 0 Å². The number of methoxy groups -OCH3 is 1. The van der Waals surface area contributed by atoms with Gasteiger partial charge in [-0.1, -0.05) is 29.8 Å². The van der Waals surface area contributed by atoms with Gasteiger partial charge >= 0.3 is 5.63 Å². The SMILES string of the molecule is COc1cccc2cc(/C(N)=N/NC(=O)c3ccc(C)cc3)c(=O)oc12. The quantitative estimate of drug-likeness (QED) is 0.324. The molecule has 0 spiro atoms. The highest BCUT2D eigenvalue weighted by Gasteiger charge is 2.13. The summed E-state index contributed by atoms with van der Waals surface area (Å²) in [5.74, 6) is -0.141. The van der Waals surface area contributed by atoms with Gasteiger partial charge < -0.3 is 14.9 Å². The molecule has 1 heterocycles. The van der Waals surface area contributed by atoms with Crippen LogP contribution in [-0.2, 0) is 0 Å². The maximum atomic E-state index is 12.2. The lowest BCUT2D eigenvalue weighted by Gasteiger charge is -2.06. The summed E-state index contributed by atoms with van der Waals surface area (Å²) in [7, 11) is 1.49. The normalized spacial score (nSPS) is 11.4. The van der Waals surface area contributed by atoms with Crippen molar-refractivity contribution in [2.24, 2.45) is 10.8 Å². The Balaban J connectivity index is 1.89. The number of carbonyl (C=O) groups is 1. The topological polar surface area (TPSA) is 107 Å². The molecule has 2 aromatic carbocycles. The number of nitrogens with one attached hydrogen (secondary N) is 1. The Hall–Kier alpha value is -3.61. The van der Waals surface area contributed by atoms with Crippen molar-refractivity contribution < 1.29 is 13.9 Å². The molecule has 0 atom stereocenters. The molecule has 0 aliphatic rings. The van der Waals surface area contributed by atoms with Crippen molar-refractivity contribution in [3.8, 4) is 5.75 Å². The molecular weight excluding hydrogens is 334 g/mol. The first-order valence-electron chi connectivity index (χ1n) is 7.81. The van der Waals surface area contributed by atoms with Crippen LogP contribution in [-0.4, -0.2) is 18.9 Å². The maximum Gasteiger partial charge on any atom is 0.347 e. The van der Waals surface area contributed by atoms with Gasteiger partial charge in [-0.05, 0) is 31.2 Å². The van der Waals surface area contributed by atoms with Crippen molar-refractivity contribution in [2.75, 3.05) is 7.11 Å². The molecule has 7 nitrogen and oxygen atoms in total. The first kappa shape index (κ1) is 17.2. The molecule has 1 amide bonds. The van der Waals surface area contributed by atoms with Gasteiger partial charge in [0.2, 0.25) is 0 Å². The summed E-state index contributed by atoms with van der Waals surface area (Å²) in [6, 6.07) is 13.7. The van der Waals surface area contributed by atoms with E-state index in [1.807, 2.05) is 19.1 Å². The molecule has 3 rings (SSSR count). The second-order valence-electron chi connectivity index (χ2n) is 5.63. The number of fused-ring (bicyclic) bond motifs is 1. The van der Waals surface area contributed by atoms with Crippen LogP contribution >= 0.6 is 0 Å². The van der Waals surface area contributed by atoms with Crippen LogP contribution in [0.4, 0.5) is 0 Å². The first-order valence-corrected chi connectivity index (χ1v) is 7.81. The van der Waals surface area contributed by atoms with Crippen LogP contribution < -0.4 is 21.5 Å². The minimum Gasteiger partial charge on any atom is -0.493 e. The van der Waals surface area contributed by atoms with Crippen LogP contribution in [0, 0.1) is 6.92 Å². The van der Waals surface area contributed by atoms with Gasteiger partial charge in [0, 0.05) is 10.9 Å². The summed E-state index contributed by atoms with van der Waals surface area (Å²) < 4.78 is 10.5. The van der Waals surface area contributed by atoms with Crippen molar-refractivity contribution in [2.45, 2.75) is 6.92 Å². The molecule has 132 valence electrons. The van der Waals surface area contributed by atoms with Crippen LogP contribution in [0.3, 0.4) is 0 Å². The summed E-state index contributed by atoms with van der Waals surface area (Å²) in [4.78, 5) is 24.3. The van der Waals surface area contributed by atoms with E-state index in [4.69, 9.17) is 14.9 Å². The third-order valence-corrected chi connectivity index (χ3v) is 3.81. The first-order chi connectivity index (χ1) is 12.5.